The molecule has 166 valence electrons. The number of benzene rings is 1. The second kappa shape index (κ2) is 8.94. The summed E-state index contributed by atoms with van der Waals surface area (Å²) in [4.78, 5) is 23.8. The molecule has 1 aliphatic heterocycles. The highest BCUT2D eigenvalue weighted by atomic mass is 32.1. The summed E-state index contributed by atoms with van der Waals surface area (Å²) in [6.45, 7) is 9.46. The molecule has 0 aliphatic carbocycles. The van der Waals surface area contributed by atoms with Gasteiger partial charge >= 0.3 is 0 Å². The van der Waals surface area contributed by atoms with Crippen LogP contribution in [-0.4, -0.2) is 58.7 Å². The average molecular weight is 445 g/mol. The summed E-state index contributed by atoms with van der Waals surface area (Å²) < 4.78 is 13.0. The van der Waals surface area contributed by atoms with Crippen LogP contribution in [0.1, 0.15) is 26.3 Å². The first-order valence-electron chi connectivity index (χ1n) is 10.4. The smallest absolute Gasteiger partial charge is 0.273 e. The van der Waals surface area contributed by atoms with Crippen LogP contribution in [0.15, 0.2) is 35.4 Å². The van der Waals surface area contributed by atoms with E-state index in [1.54, 1.807) is 0 Å². The van der Waals surface area contributed by atoms with E-state index in [-0.39, 0.29) is 24.1 Å². The number of hydrogen-bond donors (Lipinski definition) is 1. The van der Waals surface area contributed by atoms with E-state index < -0.39 is 6.10 Å². The van der Waals surface area contributed by atoms with E-state index in [0.29, 0.717) is 29.3 Å². The lowest BCUT2D eigenvalue weighted by Crippen LogP contribution is -2.36. The summed E-state index contributed by atoms with van der Waals surface area (Å²) in [7, 11) is 0. The van der Waals surface area contributed by atoms with Gasteiger partial charge in [-0.15, -0.1) is 0 Å². The van der Waals surface area contributed by atoms with E-state index in [0.717, 1.165) is 18.2 Å². The number of aliphatic hydroxyl groups excluding tert-OH is 1. The Kier molecular flexibility index (Phi) is 6.27. The van der Waals surface area contributed by atoms with Crippen molar-refractivity contribution in [3.05, 3.63) is 46.5 Å². The van der Waals surface area contributed by atoms with Gasteiger partial charge in [0, 0.05) is 13.1 Å². The van der Waals surface area contributed by atoms with Gasteiger partial charge in [-0.3, -0.25) is 9.36 Å². The van der Waals surface area contributed by atoms with E-state index in [9.17, 15) is 9.90 Å². The Morgan fingerprint density at radius 3 is 2.61 bits per heavy atom. The van der Waals surface area contributed by atoms with Crippen LogP contribution >= 0.6 is 11.3 Å². The Hall–Kier alpha value is -2.49. The molecule has 1 N–H and O–H groups in total. The molecule has 0 amide bonds. The lowest BCUT2D eigenvalue weighted by atomic mass is 9.87. The summed E-state index contributed by atoms with van der Waals surface area (Å²) in [6, 6.07) is 7.86. The predicted molar refractivity (Wildman–Crippen MR) is 121 cm³/mol. The van der Waals surface area contributed by atoms with Gasteiger partial charge in [0.25, 0.3) is 5.56 Å². The van der Waals surface area contributed by atoms with Gasteiger partial charge in [-0.1, -0.05) is 44.2 Å². The molecule has 0 bridgehead atoms. The fourth-order valence-corrected chi connectivity index (χ4v) is 4.40. The maximum absolute atomic E-state index is 12.9. The first-order valence-corrected chi connectivity index (χ1v) is 11.2. The second-order valence-electron chi connectivity index (χ2n) is 8.69. The minimum atomic E-state index is -0.842. The number of nitrogens with zero attached hydrogens (tertiary/aromatic N) is 4. The summed E-state index contributed by atoms with van der Waals surface area (Å²) in [5, 5.41) is 11.2. The van der Waals surface area contributed by atoms with Crippen molar-refractivity contribution in [1.82, 2.24) is 14.5 Å². The molecule has 3 aromatic rings. The zero-order valence-electron chi connectivity index (χ0n) is 18.1. The molecule has 1 atom stereocenters. The van der Waals surface area contributed by atoms with Crippen LogP contribution in [0.2, 0.25) is 0 Å². The van der Waals surface area contributed by atoms with Crippen molar-refractivity contribution >= 4 is 26.8 Å². The number of fused-ring (bicyclic) bond motifs is 1. The van der Waals surface area contributed by atoms with Crippen molar-refractivity contribution in [2.75, 3.05) is 37.8 Å². The van der Waals surface area contributed by atoms with Gasteiger partial charge in [0.1, 0.15) is 29.5 Å². The summed E-state index contributed by atoms with van der Waals surface area (Å²) in [5.74, 6) is 0.686. The topological polar surface area (TPSA) is 89.7 Å². The Morgan fingerprint density at radius 2 is 1.94 bits per heavy atom. The van der Waals surface area contributed by atoms with Crippen molar-refractivity contribution in [1.29, 1.82) is 0 Å². The zero-order valence-corrected chi connectivity index (χ0v) is 18.9. The number of morpholine rings is 1. The molecular formula is C22H28N4O4S. The molecule has 0 radical (unpaired) electrons. The van der Waals surface area contributed by atoms with Gasteiger partial charge in [-0.25, -0.2) is 4.98 Å². The SMILES string of the molecule is CC(C)(C)c1ccc(OCC(O)Cn2cnc3nc(N4CCOCC4)sc3c2=O)cc1. The van der Waals surface area contributed by atoms with Gasteiger partial charge in [-0.05, 0) is 23.1 Å². The minimum absolute atomic E-state index is 0.0726. The van der Waals surface area contributed by atoms with Crippen molar-refractivity contribution in [3.63, 3.8) is 0 Å². The molecule has 1 unspecified atom stereocenters. The van der Waals surface area contributed by atoms with Gasteiger partial charge < -0.3 is 19.5 Å². The molecule has 1 aliphatic rings. The van der Waals surface area contributed by atoms with Gasteiger partial charge in [0.15, 0.2) is 10.8 Å². The molecule has 1 fully saturated rings. The average Bonchev–Trinajstić information content (AvgIpc) is 3.20. The third kappa shape index (κ3) is 5.06. The molecule has 31 heavy (non-hydrogen) atoms. The Labute approximate surface area is 185 Å². The Balaban J connectivity index is 1.40. The fourth-order valence-electron chi connectivity index (χ4n) is 3.38. The highest BCUT2D eigenvalue weighted by Gasteiger charge is 2.19. The van der Waals surface area contributed by atoms with Crippen LogP contribution in [0.5, 0.6) is 5.75 Å². The van der Waals surface area contributed by atoms with Crippen molar-refractivity contribution in [2.45, 2.75) is 38.8 Å². The molecule has 1 saturated heterocycles. The molecule has 4 rings (SSSR count). The number of aliphatic hydroxyl groups is 1. The fraction of sp³-hybridized carbons (Fsp3) is 0.500. The first-order chi connectivity index (χ1) is 14.8. The van der Waals surface area contributed by atoms with Crippen LogP contribution in [0, 0.1) is 0 Å². The maximum atomic E-state index is 12.9. The lowest BCUT2D eigenvalue weighted by Gasteiger charge is -2.25. The summed E-state index contributed by atoms with van der Waals surface area (Å²) in [5.41, 5.74) is 1.53. The van der Waals surface area contributed by atoms with Crippen molar-refractivity contribution < 1.29 is 14.6 Å². The van der Waals surface area contributed by atoms with Crippen molar-refractivity contribution in [3.8, 4) is 5.75 Å². The Bertz CT molecular complexity index is 1080. The highest BCUT2D eigenvalue weighted by Crippen LogP contribution is 2.26. The van der Waals surface area contributed by atoms with E-state index in [4.69, 9.17) is 9.47 Å². The second-order valence-corrected chi connectivity index (χ2v) is 9.67. The van der Waals surface area contributed by atoms with E-state index >= 15 is 0 Å². The lowest BCUT2D eigenvalue weighted by molar-refractivity contribution is 0.0915. The molecule has 9 heteroatoms. The number of thiazole rings is 1. The van der Waals surface area contributed by atoms with Crippen LogP contribution in [0.3, 0.4) is 0 Å². The molecule has 8 nitrogen and oxygen atoms in total. The Morgan fingerprint density at radius 1 is 1.23 bits per heavy atom. The summed E-state index contributed by atoms with van der Waals surface area (Å²) in [6.07, 6.45) is 0.598. The molecule has 3 heterocycles. The standard InChI is InChI=1S/C22H28N4O4S/c1-22(2,3)15-4-6-17(7-5-15)30-13-16(27)12-26-14-23-19-18(20(26)28)31-21(24-19)25-8-10-29-11-9-25/h4-7,14,16,27H,8-13H2,1-3H3. The number of anilines is 1. The van der Waals surface area contributed by atoms with Crippen LogP contribution in [0.25, 0.3) is 10.3 Å². The molecule has 0 saturated carbocycles. The van der Waals surface area contributed by atoms with Crippen LogP contribution in [0.4, 0.5) is 5.13 Å². The maximum Gasteiger partial charge on any atom is 0.273 e. The van der Waals surface area contributed by atoms with Gasteiger partial charge in [0.2, 0.25) is 0 Å². The quantitative estimate of drug-likeness (QED) is 0.624. The predicted octanol–water partition coefficient (Wildman–Crippen LogP) is 2.43. The molecular weight excluding hydrogens is 416 g/mol. The molecule has 1 aromatic carbocycles. The van der Waals surface area contributed by atoms with E-state index in [2.05, 4.69) is 35.6 Å². The number of rotatable bonds is 6. The van der Waals surface area contributed by atoms with E-state index in [1.807, 2.05) is 24.3 Å². The highest BCUT2D eigenvalue weighted by molar-refractivity contribution is 7.22. The number of ether oxygens (including phenoxy) is 2. The normalized spacial score (nSPS) is 15.9. The largest absolute Gasteiger partial charge is 0.491 e. The minimum Gasteiger partial charge on any atom is -0.491 e. The number of aromatic nitrogens is 3. The summed E-state index contributed by atoms with van der Waals surface area (Å²) >= 11 is 1.34. The number of hydrogen-bond acceptors (Lipinski definition) is 8. The monoisotopic (exact) mass is 444 g/mol. The third-order valence-corrected chi connectivity index (χ3v) is 6.32. The molecule has 0 spiro atoms. The van der Waals surface area contributed by atoms with Gasteiger partial charge in [0.05, 0.1) is 19.8 Å². The van der Waals surface area contributed by atoms with Crippen molar-refractivity contribution in [2.24, 2.45) is 0 Å². The zero-order chi connectivity index (χ0) is 22.0. The third-order valence-electron chi connectivity index (χ3n) is 5.22. The molecule has 2 aromatic heterocycles. The first kappa shape index (κ1) is 21.7. The van der Waals surface area contributed by atoms with Crippen LogP contribution in [-0.2, 0) is 16.7 Å². The van der Waals surface area contributed by atoms with Crippen LogP contribution < -0.4 is 15.2 Å². The van der Waals surface area contributed by atoms with Gasteiger partial charge in [-0.2, -0.15) is 4.98 Å². The van der Waals surface area contributed by atoms with E-state index in [1.165, 1.54) is 27.8 Å².